The Balaban J connectivity index is 3.19. The highest BCUT2D eigenvalue weighted by molar-refractivity contribution is 6.42. The zero-order valence-corrected chi connectivity index (χ0v) is 8.84. The number of hydrogen-bond donors (Lipinski definition) is 0. The molecule has 1 aromatic rings. The van der Waals surface area contributed by atoms with Gasteiger partial charge in [0.25, 0.3) is 0 Å². The van der Waals surface area contributed by atoms with Crippen LogP contribution >= 0.6 is 23.2 Å². The van der Waals surface area contributed by atoms with Crippen LogP contribution in [0.5, 0.6) is 0 Å². The summed E-state index contributed by atoms with van der Waals surface area (Å²) in [5.41, 5.74) is 2.39. The van der Waals surface area contributed by atoms with E-state index in [0.29, 0.717) is 10.0 Å². The van der Waals surface area contributed by atoms with Crippen LogP contribution in [0.1, 0.15) is 25.0 Å². The molecule has 0 saturated carbocycles. The first-order chi connectivity index (χ1) is 5.69. The largest absolute Gasteiger partial charge is 0.0827 e. The van der Waals surface area contributed by atoms with Gasteiger partial charge in [-0.3, -0.25) is 0 Å². The third kappa shape index (κ3) is 1.94. The summed E-state index contributed by atoms with van der Waals surface area (Å²) in [5, 5.41) is 1.38. The van der Waals surface area contributed by atoms with Crippen molar-refractivity contribution in [2.24, 2.45) is 0 Å². The van der Waals surface area contributed by atoms with E-state index in [1.54, 1.807) is 0 Å². The standard InChI is InChI=1S/C10H12Cl2/c1-3-7-5-8(4-2)10(12)9(11)6-7/h5-6H,3-4H2,1-2H3. The van der Waals surface area contributed by atoms with E-state index < -0.39 is 0 Å². The molecule has 0 unspecified atom stereocenters. The average Bonchev–Trinajstić information content (AvgIpc) is 2.09. The van der Waals surface area contributed by atoms with Gasteiger partial charge in [0.1, 0.15) is 0 Å². The maximum Gasteiger partial charge on any atom is 0.0624 e. The first kappa shape index (κ1) is 9.88. The van der Waals surface area contributed by atoms with Crippen LogP contribution in [0.3, 0.4) is 0 Å². The molecule has 12 heavy (non-hydrogen) atoms. The number of rotatable bonds is 2. The highest BCUT2D eigenvalue weighted by atomic mass is 35.5. The molecule has 0 aromatic heterocycles. The van der Waals surface area contributed by atoms with Crippen LogP contribution in [-0.4, -0.2) is 0 Å². The summed E-state index contributed by atoms with van der Waals surface area (Å²) >= 11 is 11.9. The molecule has 0 saturated heterocycles. The zero-order chi connectivity index (χ0) is 9.14. The lowest BCUT2D eigenvalue weighted by molar-refractivity contribution is 1.09. The van der Waals surface area contributed by atoms with Crippen LogP contribution < -0.4 is 0 Å². The van der Waals surface area contributed by atoms with Crippen molar-refractivity contribution in [1.29, 1.82) is 0 Å². The van der Waals surface area contributed by atoms with Gasteiger partial charge >= 0.3 is 0 Å². The molecule has 1 rings (SSSR count). The molecule has 66 valence electrons. The first-order valence-corrected chi connectivity index (χ1v) is 4.91. The van der Waals surface area contributed by atoms with Gasteiger partial charge in [-0.25, -0.2) is 0 Å². The highest BCUT2D eigenvalue weighted by Gasteiger charge is 2.04. The molecular formula is C10H12Cl2. The number of hydrogen-bond acceptors (Lipinski definition) is 0. The second-order valence-electron chi connectivity index (χ2n) is 2.76. The minimum Gasteiger partial charge on any atom is -0.0827 e. The Morgan fingerprint density at radius 1 is 1.08 bits per heavy atom. The molecule has 1 aromatic carbocycles. The summed E-state index contributed by atoms with van der Waals surface area (Å²) in [6.45, 7) is 4.19. The van der Waals surface area contributed by atoms with Crippen LogP contribution in [0.15, 0.2) is 12.1 Å². The molecule has 0 nitrogen and oxygen atoms in total. The van der Waals surface area contributed by atoms with Crippen molar-refractivity contribution in [3.8, 4) is 0 Å². The lowest BCUT2D eigenvalue weighted by atomic mass is 10.1. The van der Waals surface area contributed by atoms with Crippen LogP contribution in [0, 0.1) is 0 Å². The molecule has 0 fully saturated rings. The highest BCUT2D eigenvalue weighted by Crippen LogP contribution is 2.28. The minimum absolute atomic E-state index is 0.674. The lowest BCUT2D eigenvalue weighted by Gasteiger charge is -2.05. The van der Waals surface area contributed by atoms with Gasteiger partial charge in [-0.1, -0.05) is 43.1 Å². The Morgan fingerprint density at radius 3 is 2.25 bits per heavy atom. The Morgan fingerprint density at radius 2 is 1.75 bits per heavy atom. The number of halogens is 2. The predicted octanol–water partition coefficient (Wildman–Crippen LogP) is 4.12. The van der Waals surface area contributed by atoms with Crippen molar-refractivity contribution in [3.63, 3.8) is 0 Å². The summed E-state index contributed by atoms with van der Waals surface area (Å²) in [6, 6.07) is 4.05. The van der Waals surface area contributed by atoms with E-state index in [0.717, 1.165) is 18.4 Å². The van der Waals surface area contributed by atoms with E-state index in [9.17, 15) is 0 Å². The monoisotopic (exact) mass is 202 g/mol. The van der Waals surface area contributed by atoms with E-state index >= 15 is 0 Å². The van der Waals surface area contributed by atoms with Crippen LogP contribution in [0.25, 0.3) is 0 Å². The molecule has 0 bridgehead atoms. The van der Waals surface area contributed by atoms with Crippen molar-refractivity contribution in [3.05, 3.63) is 33.3 Å². The fraction of sp³-hybridized carbons (Fsp3) is 0.400. The van der Waals surface area contributed by atoms with Crippen LogP contribution in [-0.2, 0) is 12.8 Å². The fourth-order valence-electron chi connectivity index (χ4n) is 1.17. The second-order valence-corrected chi connectivity index (χ2v) is 3.54. The topological polar surface area (TPSA) is 0 Å². The van der Waals surface area contributed by atoms with Gasteiger partial charge in [0, 0.05) is 0 Å². The van der Waals surface area contributed by atoms with Crippen molar-refractivity contribution in [2.45, 2.75) is 26.7 Å². The van der Waals surface area contributed by atoms with Gasteiger partial charge in [-0.05, 0) is 30.0 Å². The molecule has 0 atom stereocenters. The zero-order valence-electron chi connectivity index (χ0n) is 7.32. The van der Waals surface area contributed by atoms with E-state index in [2.05, 4.69) is 19.9 Å². The van der Waals surface area contributed by atoms with E-state index in [4.69, 9.17) is 23.2 Å². The van der Waals surface area contributed by atoms with Gasteiger partial charge in [-0.15, -0.1) is 0 Å². The fourth-order valence-corrected chi connectivity index (χ4v) is 1.67. The predicted molar refractivity (Wildman–Crippen MR) is 55.2 cm³/mol. The molecule has 0 aliphatic carbocycles. The summed E-state index contributed by atoms with van der Waals surface area (Å²) in [7, 11) is 0. The minimum atomic E-state index is 0.674. The maximum atomic E-state index is 5.99. The second kappa shape index (κ2) is 4.15. The van der Waals surface area contributed by atoms with Crippen LogP contribution in [0.4, 0.5) is 0 Å². The molecular weight excluding hydrogens is 191 g/mol. The SMILES string of the molecule is CCc1cc(Cl)c(Cl)c(CC)c1. The summed E-state index contributed by atoms with van der Waals surface area (Å²) in [5.74, 6) is 0. The molecule has 2 heteroatoms. The first-order valence-electron chi connectivity index (χ1n) is 4.15. The molecule has 0 heterocycles. The average molecular weight is 203 g/mol. The number of aryl methyl sites for hydroxylation is 2. The van der Waals surface area contributed by atoms with Crippen LogP contribution in [0.2, 0.25) is 10.0 Å². The maximum absolute atomic E-state index is 5.99. The van der Waals surface area contributed by atoms with Crippen molar-refractivity contribution in [1.82, 2.24) is 0 Å². The third-order valence-electron chi connectivity index (χ3n) is 1.95. The normalized spacial score (nSPS) is 10.3. The van der Waals surface area contributed by atoms with Gasteiger partial charge in [0.2, 0.25) is 0 Å². The number of benzene rings is 1. The molecule has 0 amide bonds. The Hall–Kier alpha value is -0.200. The Bertz CT molecular complexity index is 279. The van der Waals surface area contributed by atoms with Gasteiger partial charge in [0.05, 0.1) is 10.0 Å². The molecule has 0 radical (unpaired) electrons. The molecule has 0 N–H and O–H groups in total. The Labute approximate surface area is 83.5 Å². The van der Waals surface area contributed by atoms with Crippen molar-refractivity contribution < 1.29 is 0 Å². The van der Waals surface area contributed by atoms with E-state index in [-0.39, 0.29) is 0 Å². The smallest absolute Gasteiger partial charge is 0.0624 e. The Kier molecular flexibility index (Phi) is 3.42. The summed E-state index contributed by atoms with van der Waals surface area (Å²) in [4.78, 5) is 0. The van der Waals surface area contributed by atoms with Crippen molar-refractivity contribution in [2.75, 3.05) is 0 Å². The van der Waals surface area contributed by atoms with E-state index in [1.165, 1.54) is 5.56 Å². The molecule has 0 aliphatic heterocycles. The molecule has 0 aliphatic rings. The summed E-state index contributed by atoms with van der Waals surface area (Å²) < 4.78 is 0. The van der Waals surface area contributed by atoms with Gasteiger partial charge < -0.3 is 0 Å². The summed E-state index contributed by atoms with van der Waals surface area (Å²) in [6.07, 6.45) is 1.94. The lowest BCUT2D eigenvalue weighted by Crippen LogP contribution is -1.88. The molecule has 0 spiro atoms. The third-order valence-corrected chi connectivity index (χ3v) is 2.79. The van der Waals surface area contributed by atoms with Gasteiger partial charge in [0.15, 0.2) is 0 Å². The van der Waals surface area contributed by atoms with E-state index in [1.807, 2.05) is 6.07 Å². The van der Waals surface area contributed by atoms with Gasteiger partial charge in [-0.2, -0.15) is 0 Å². The van der Waals surface area contributed by atoms with Crippen molar-refractivity contribution >= 4 is 23.2 Å². The quantitative estimate of drug-likeness (QED) is 0.678.